The van der Waals surface area contributed by atoms with Crippen LogP contribution >= 0.6 is 23.2 Å². The van der Waals surface area contributed by atoms with E-state index in [0.717, 1.165) is 16.0 Å². The van der Waals surface area contributed by atoms with Gasteiger partial charge in [-0.25, -0.2) is 4.79 Å². The molecule has 162 valence electrons. The Bertz CT molecular complexity index is 1200. The lowest BCUT2D eigenvalue weighted by Crippen LogP contribution is -2.42. The van der Waals surface area contributed by atoms with E-state index in [1.807, 2.05) is 42.5 Å². The Hall–Kier alpha value is -3.35. The lowest BCUT2D eigenvalue weighted by molar-refractivity contribution is -0.133. The Morgan fingerprint density at radius 1 is 0.938 bits per heavy atom. The molecule has 4 rings (SSSR count). The molecule has 0 spiro atoms. The highest BCUT2D eigenvalue weighted by atomic mass is 35.5. The second-order valence-corrected chi connectivity index (χ2v) is 8.38. The summed E-state index contributed by atoms with van der Waals surface area (Å²) >= 11 is 12.0. The van der Waals surface area contributed by atoms with Crippen LogP contribution in [0.4, 0.5) is 10.5 Å². The van der Waals surface area contributed by atoms with Gasteiger partial charge in [-0.2, -0.15) is 0 Å². The van der Waals surface area contributed by atoms with Gasteiger partial charge in [0.05, 0.1) is 10.0 Å². The molecule has 0 radical (unpaired) electrons. The zero-order chi connectivity index (χ0) is 22.9. The Morgan fingerprint density at radius 2 is 1.59 bits per heavy atom. The van der Waals surface area contributed by atoms with Crippen molar-refractivity contribution in [1.29, 1.82) is 0 Å². The summed E-state index contributed by atoms with van der Waals surface area (Å²) in [6, 6.07) is 21.2. The summed E-state index contributed by atoms with van der Waals surface area (Å²) in [4.78, 5) is 38.9. The molecule has 0 saturated carbocycles. The van der Waals surface area contributed by atoms with E-state index in [0.29, 0.717) is 16.3 Å². The van der Waals surface area contributed by atoms with E-state index in [-0.39, 0.29) is 5.02 Å². The second kappa shape index (κ2) is 8.65. The number of hydrogen-bond donors (Lipinski definition) is 2. The third kappa shape index (κ3) is 4.20. The van der Waals surface area contributed by atoms with Crippen molar-refractivity contribution in [3.63, 3.8) is 0 Å². The molecule has 1 fully saturated rings. The highest BCUT2D eigenvalue weighted by Crippen LogP contribution is 2.33. The lowest BCUT2D eigenvalue weighted by atomic mass is 9.92. The van der Waals surface area contributed by atoms with Crippen LogP contribution in [-0.4, -0.2) is 29.3 Å². The second-order valence-electron chi connectivity index (χ2n) is 7.57. The summed E-state index contributed by atoms with van der Waals surface area (Å²) in [5, 5.41) is 5.97. The van der Waals surface area contributed by atoms with Crippen molar-refractivity contribution < 1.29 is 14.4 Å². The van der Waals surface area contributed by atoms with Gasteiger partial charge in [-0.15, -0.1) is 0 Å². The maximum absolute atomic E-state index is 13.0. The summed E-state index contributed by atoms with van der Waals surface area (Å²) in [5.74, 6) is -1.03. The van der Waals surface area contributed by atoms with Crippen molar-refractivity contribution in [3.8, 4) is 11.1 Å². The van der Waals surface area contributed by atoms with Crippen LogP contribution < -0.4 is 10.6 Å². The van der Waals surface area contributed by atoms with Crippen LogP contribution in [0.15, 0.2) is 72.8 Å². The number of urea groups is 1. The lowest BCUT2D eigenvalue weighted by Gasteiger charge is -2.22. The molecular weight excluding hydrogens is 449 g/mol. The molecule has 0 aromatic heterocycles. The molecule has 8 heteroatoms. The van der Waals surface area contributed by atoms with Gasteiger partial charge in [-0.1, -0.05) is 71.7 Å². The van der Waals surface area contributed by atoms with Gasteiger partial charge in [0.25, 0.3) is 5.91 Å². The summed E-state index contributed by atoms with van der Waals surface area (Å²) in [6.07, 6.45) is 0. The number of amides is 4. The van der Waals surface area contributed by atoms with E-state index in [2.05, 4.69) is 10.6 Å². The quantitative estimate of drug-likeness (QED) is 0.514. The van der Waals surface area contributed by atoms with Crippen LogP contribution in [0.5, 0.6) is 0 Å². The minimum Gasteiger partial charge on any atom is -0.325 e. The first-order valence-electron chi connectivity index (χ1n) is 9.83. The summed E-state index contributed by atoms with van der Waals surface area (Å²) in [7, 11) is 0. The molecule has 1 atom stereocenters. The van der Waals surface area contributed by atoms with E-state index >= 15 is 0 Å². The fraction of sp³-hybridized carbons (Fsp3) is 0.125. The van der Waals surface area contributed by atoms with Crippen LogP contribution in [0.3, 0.4) is 0 Å². The van der Waals surface area contributed by atoms with Gasteiger partial charge < -0.3 is 10.6 Å². The molecule has 1 saturated heterocycles. The van der Waals surface area contributed by atoms with E-state index in [1.54, 1.807) is 31.2 Å². The van der Waals surface area contributed by atoms with Crippen molar-refractivity contribution in [2.45, 2.75) is 12.5 Å². The summed E-state index contributed by atoms with van der Waals surface area (Å²) in [6.45, 7) is 1.15. The molecule has 6 nitrogen and oxygen atoms in total. The maximum Gasteiger partial charge on any atom is 0.325 e. The zero-order valence-corrected chi connectivity index (χ0v) is 18.6. The number of halogens is 2. The Balaban J connectivity index is 1.44. The number of hydrogen-bond acceptors (Lipinski definition) is 3. The van der Waals surface area contributed by atoms with E-state index in [1.165, 1.54) is 6.07 Å². The van der Waals surface area contributed by atoms with E-state index < -0.39 is 29.9 Å². The van der Waals surface area contributed by atoms with Gasteiger partial charge in [-0.05, 0) is 47.9 Å². The molecule has 1 aliphatic heterocycles. The van der Waals surface area contributed by atoms with Gasteiger partial charge >= 0.3 is 6.03 Å². The minimum atomic E-state index is -1.34. The SMILES string of the molecule is CC1(c2ccc(Cl)c(Cl)c2)NC(=O)N(CC(=O)Nc2ccc(-c3ccccc3)cc2)C1=O. The smallest absolute Gasteiger partial charge is 0.325 e. The van der Waals surface area contributed by atoms with Crippen LogP contribution in [0.25, 0.3) is 11.1 Å². The zero-order valence-electron chi connectivity index (χ0n) is 17.1. The van der Waals surface area contributed by atoms with Crippen molar-refractivity contribution in [3.05, 3.63) is 88.4 Å². The van der Waals surface area contributed by atoms with E-state index in [9.17, 15) is 14.4 Å². The number of benzene rings is 3. The number of carbonyl (C=O) groups is 3. The normalized spacial score (nSPS) is 17.9. The third-order valence-electron chi connectivity index (χ3n) is 5.35. The first kappa shape index (κ1) is 21.9. The number of imide groups is 1. The number of nitrogens with one attached hydrogen (secondary N) is 2. The van der Waals surface area contributed by atoms with Gasteiger partial charge in [0.1, 0.15) is 12.1 Å². The van der Waals surface area contributed by atoms with Crippen molar-refractivity contribution in [2.75, 3.05) is 11.9 Å². The third-order valence-corrected chi connectivity index (χ3v) is 6.09. The standard InChI is InChI=1S/C24H19Cl2N3O3/c1-24(17-9-12-19(25)20(26)13-17)22(31)29(23(32)28-24)14-21(30)27-18-10-7-16(8-11-18)15-5-3-2-4-6-15/h2-13H,14H2,1H3,(H,27,30)(H,28,32). The highest BCUT2D eigenvalue weighted by Gasteiger charge is 2.49. The molecule has 32 heavy (non-hydrogen) atoms. The topological polar surface area (TPSA) is 78.5 Å². The fourth-order valence-corrected chi connectivity index (χ4v) is 3.86. The van der Waals surface area contributed by atoms with Gasteiger partial charge in [-0.3, -0.25) is 14.5 Å². The van der Waals surface area contributed by atoms with Crippen molar-refractivity contribution >= 4 is 46.7 Å². The Kier molecular flexibility index (Phi) is 5.91. The van der Waals surface area contributed by atoms with E-state index in [4.69, 9.17) is 23.2 Å². The average Bonchev–Trinajstić information content (AvgIpc) is 3.00. The monoisotopic (exact) mass is 467 g/mol. The molecule has 3 aromatic rings. The number of carbonyl (C=O) groups excluding carboxylic acids is 3. The number of rotatable bonds is 5. The molecule has 3 aromatic carbocycles. The Labute approximate surface area is 195 Å². The summed E-state index contributed by atoms with van der Waals surface area (Å²) in [5.41, 5.74) is 1.77. The fourth-order valence-electron chi connectivity index (χ4n) is 3.56. The van der Waals surface area contributed by atoms with Gasteiger partial charge in [0.15, 0.2) is 0 Å². The summed E-state index contributed by atoms with van der Waals surface area (Å²) < 4.78 is 0. The first-order chi connectivity index (χ1) is 15.3. The molecule has 0 aliphatic carbocycles. The predicted octanol–water partition coefficient (Wildman–Crippen LogP) is 5.07. The van der Waals surface area contributed by atoms with Crippen LogP contribution in [0.1, 0.15) is 12.5 Å². The van der Waals surface area contributed by atoms with Gasteiger partial charge in [0.2, 0.25) is 5.91 Å². The highest BCUT2D eigenvalue weighted by molar-refractivity contribution is 6.42. The molecular formula is C24H19Cl2N3O3. The predicted molar refractivity (Wildman–Crippen MR) is 125 cm³/mol. The van der Waals surface area contributed by atoms with Crippen molar-refractivity contribution in [1.82, 2.24) is 10.2 Å². The van der Waals surface area contributed by atoms with Gasteiger partial charge in [0, 0.05) is 5.69 Å². The molecule has 1 unspecified atom stereocenters. The largest absolute Gasteiger partial charge is 0.325 e. The van der Waals surface area contributed by atoms with Crippen molar-refractivity contribution in [2.24, 2.45) is 0 Å². The number of anilines is 1. The molecule has 1 heterocycles. The molecule has 2 N–H and O–H groups in total. The minimum absolute atomic E-state index is 0.266. The maximum atomic E-state index is 13.0. The first-order valence-corrected chi connectivity index (χ1v) is 10.6. The molecule has 1 aliphatic rings. The molecule has 0 bridgehead atoms. The average molecular weight is 468 g/mol. The van der Waals surface area contributed by atoms with Crippen LogP contribution in [-0.2, 0) is 15.1 Å². The number of nitrogens with zero attached hydrogens (tertiary/aromatic N) is 1. The van der Waals surface area contributed by atoms with Crippen LogP contribution in [0.2, 0.25) is 10.0 Å². The molecule has 4 amide bonds. The van der Waals surface area contributed by atoms with Crippen LogP contribution in [0, 0.1) is 0 Å². The Morgan fingerprint density at radius 3 is 2.25 bits per heavy atom.